The van der Waals surface area contributed by atoms with Crippen molar-refractivity contribution in [1.29, 1.82) is 0 Å². The summed E-state index contributed by atoms with van der Waals surface area (Å²) in [6.45, 7) is 13.0. The molecule has 13 heteroatoms. The summed E-state index contributed by atoms with van der Waals surface area (Å²) in [4.78, 5) is 18.1. The molecule has 1 aromatic rings. The number of piperazine rings is 1. The number of nitrogens with two attached hydrogens (primary N) is 1. The van der Waals surface area contributed by atoms with Crippen LogP contribution in [-0.4, -0.2) is 104 Å². The number of nitrogen functional groups attached to an aromatic ring is 1. The molecule has 3 fully saturated rings. The molecule has 0 unspecified atom stereocenters. The molecule has 12 nitrogen and oxygen atoms in total. The molecule has 44 heavy (non-hydrogen) atoms. The van der Waals surface area contributed by atoms with Gasteiger partial charge in [0.05, 0.1) is 19.4 Å². The van der Waals surface area contributed by atoms with Crippen LogP contribution in [0.15, 0.2) is 0 Å². The van der Waals surface area contributed by atoms with E-state index in [9.17, 15) is 4.57 Å². The van der Waals surface area contributed by atoms with E-state index in [-0.39, 0.29) is 5.95 Å². The highest BCUT2D eigenvalue weighted by molar-refractivity contribution is 7.53. The van der Waals surface area contributed by atoms with Crippen LogP contribution in [-0.2, 0) is 13.6 Å². The highest BCUT2D eigenvalue weighted by atomic mass is 31.2. The Morgan fingerprint density at radius 3 is 2.20 bits per heavy atom. The average molecular weight is 638 g/mol. The van der Waals surface area contributed by atoms with Gasteiger partial charge in [0.15, 0.2) is 0 Å². The molecule has 2 aliphatic carbocycles. The first-order chi connectivity index (χ1) is 21.5. The number of nitrogens with zero attached hydrogens (tertiary/aromatic N) is 5. The Bertz CT molecular complexity index is 974. The zero-order chi connectivity index (χ0) is 31.0. The average Bonchev–Trinajstić information content (AvgIpc) is 3.03. The molecule has 252 valence electrons. The van der Waals surface area contributed by atoms with Gasteiger partial charge >= 0.3 is 7.60 Å². The predicted molar refractivity (Wildman–Crippen MR) is 180 cm³/mol. The number of hydrogen-bond donors (Lipinski definition) is 4. The first-order valence-electron chi connectivity index (χ1n) is 17.5. The fourth-order valence-electron chi connectivity index (χ4n) is 6.83. The van der Waals surface area contributed by atoms with E-state index >= 15 is 0 Å². The summed E-state index contributed by atoms with van der Waals surface area (Å²) in [5.41, 5.74) is 6.09. The molecule has 5 N–H and O–H groups in total. The molecule has 0 amide bonds. The Hall–Kier alpha value is -1.56. The summed E-state index contributed by atoms with van der Waals surface area (Å²) in [7, 11) is -2.98. The number of aromatic nitrogens is 3. The Kier molecular flexibility index (Phi) is 15.4. The van der Waals surface area contributed by atoms with E-state index in [1.54, 1.807) is 0 Å². The summed E-state index contributed by atoms with van der Waals surface area (Å²) >= 11 is 0. The lowest BCUT2D eigenvalue weighted by Crippen LogP contribution is -2.47. The second kappa shape index (κ2) is 19.2. The standard InChI is InChI=1S/C31H60N9O3P/c1-3-42-44(41,43-4-2)23-9-18-39-19-21-40(22-20-39)31-37-29(32)36-30(38-31)35-25-27-14-12-26(13-15-27)24-33-16-8-17-34-28-10-6-5-7-11-28/h26-28,33-34H,3-25H2,1-2H3,(H3,32,35,36,37,38)/t26-,27-. The van der Waals surface area contributed by atoms with Crippen molar-refractivity contribution in [2.45, 2.75) is 90.5 Å². The van der Waals surface area contributed by atoms with Crippen molar-refractivity contribution in [2.75, 3.05) is 94.2 Å². The van der Waals surface area contributed by atoms with Crippen LogP contribution in [0.5, 0.6) is 0 Å². The van der Waals surface area contributed by atoms with Gasteiger partial charge in [0, 0.05) is 38.8 Å². The molecule has 0 atom stereocenters. The Labute approximate surface area is 265 Å². The van der Waals surface area contributed by atoms with Crippen molar-refractivity contribution in [3.8, 4) is 0 Å². The van der Waals surface area contributed by atoms with Crippen molar-refractivity contribution in [2.24, 2.45) is 11.8 Å². The highest BCUT2D eigenvalue weighted by Gasteiger charge is 2.25. The molecular formula is C31H60N9O3P. The third-order valence-corrected chi connectivity index (χ3v) is 11.5. The van der Waals surface area contributed by atoms with Gasteiger partial charge in [-0.25, -0.2) is 0 Å². The van der Waals surface area contributed by atoms with Gasteiger partial charge < -0.3 is 35.6 Å². The van der Waals surface area contributed by atoms with E-state index in [4.69, 9.17) is 19.8 Å². The first-order valence-corrected chi connectivity index (χ1v) is 19.2. The van der Waals surface area contributed by atoms with Crippen molar-refractivity contribution in [1.82, 2.24) is 30.5 Å². The summed E-state index contributed by atoms with van der Waals surface area (Å²) in [6, 6.07) is 0.765. The van der Waals surface area contributed by atoms with Gasteiger partial charge in [-0.05, 0) is 103 Å². The van der Waals surface area contributed by atoms with E-state index in [0.717, 1.165) is 77.3 Å². The number of hydrogen-bond acceptors (Lipinski definition) is 12. The minimum Gasteiger partial charge on any atom is -0.368 e. The van der Waals surface area contributed by atoms with E-state index in [0.29, 0.717) is 37.2 Å². The summed E-state index contributed by atoms with van der Waals surface area (Å²) in [6.07, 6.45) is 14.4. The SMILES string of the molecule is CCOP(=O)(CCCN1CCN(c2nc(N)nc(NC[C@H]3CC[C@H](CNCCCNC4CCCCC4)CC3)n2)CC1)OCC. The smallest absolute Gasteiger partial charge is 0.330 e. The monoisotopic (exact) mass is 637 g/mol. The number of anilines is 3. The largest absolute Gasteiger partial charge is 0.368 e. The lowest BCUT2D eigenvalue weighted by Gasteiger charge is -2.35. The highest BCUT2D eigenvalue weighted by Crippen LogP contribution is 2.48. The molecule has 4 rings (SSSR count). The van der Waals surface area contributed by atoms with Crippen molar-refractivity contribution in [3.63, 3.8) is 0 Å². The summed E-state index contributed by atoms with van der Waals surface area (Å²) < 4.78 is 23.6. The molecule has 0 spiro atoms. The van der Waals surface area contributed by atoms with Crippen LogP contribution in [0.3, 0.4) is 0 Å². The zero-order valence-corrected chi connectivity index (χ0v) is 28.4. The van der Waals surface area contributed by atoms with Crippen LogP contribution in [0.2, 0.25) is 0 Å². The lowest BCUT2D eigenvalue weighted by molar-refractivity contribution is 0.215. The number of nitrogens with one attached hydrogen (secondary N) is 3. The molecular weight excluding hydrogens is 577 g/mol. The zero-order valence-electron chi connectivity index (χ0n) is 27.5. The molecule has 1 aliphatic heterocycles. The van der Waals surface area contributed by atoms with Crippen LogP contribution >= 0.6 is 7.60 Å². The van der Waals surface area contributed by atoms with Gasteiger partial charge in [0.2, 0.25) is 17.8 Å². The van der Waals surface area contributed by atoms with E-state index in [1.165, 1.54) is 64.2 Å². The minimum absolute atomic E-state index is 0.256. The number of rotatable bonds is 19. The van der Waals surface area contributed by atoms with Crippen molar-refractivity contribution in [3.05, 3.63) is 0 Å². The maximum atomic E-state index is 12.7. The molecule has 2 heterocycles. The van der Waals surface area contributed by atoms with Crippen molar-refractivity contribution < 1.29 is 13.6 Å². The van der Waals surface area contributed by atoms with Crippen LogP contribution < -0.4 is 26.6 Å². The summed E-state index contributed by atoms with van der Waals surface area (Å²) in [5.74, 6) is 2.89. The molecule has 1 aromatic heterocycles. The van der Waals surface area contributed by atoms with Gasteiger partial charge in [-0.15, -0.1) is 0 Å². The second-order valence-corrected chi connectivity index (χ2v) is 15.0. The van der Waals surface area contributed by atoms with Crippen LogP contribution in [0.1, 0.15) is 84.5 Å². The quantitative estimate of drug-likeness (QED) is 0.127. The normalized spacial score (nSPS) is 22.4. The van der Waals surface area contributed by atoms with Crippen LogP contribution in [0, 0.1) is 11.8 Å². The lowest BCUT2D eigenvalue weighted by atomic mass is 9.82. The molecule has 1 saturated heterocycles. The summed E-state index contributed by atoms with van der Waals surface area (Å²) in [5, 5.41) is 10.9. The van der Waals surface area contributed by atoms with Gasteiger partial charge in [-0.1, -0.05) is 19.3 Å². The van der Waals surface area contributed by atoms with Gasteiger partial charge in [0.1, 0.15) is 0 Å². The maximum Gasteiger partial charge on any atom is 0.330 e. The Balaban J connectivity index is 1.09. The van der Waals surface area contributed by atoms with E-state index in [2.05, 4.69) is 35.7 Å². The van der Waals surface area contributed by atoms with E-state index < -0.39 is 7.60 Å². The molecule has 2 saturated carbocycles. The Morgan fingerprint density at radius 2 is 1.52 bits per heavy atom. The predicted octanol–water partition coefficient (Wildman–Crippen LogP) is 4.35. The molecule has 0 radical (unpaired) electrons. The maximum absolute atomic E-state index is 12.7. The third kappa shape index (κ3) is 12.3. The molecule has 3 aliphatic rings. The van der Waals surface area contributed by atoms with E-state index in [1.807, 2.05) is 13.8 Å². The topological polar surface area (TPSA) is 143 Å². The van der Waals surface area contributed by atoms with Gasteiger partial charge in [0.25, 0.3) is 0 Å². The minimum atomic E-state index is -2.98. The third-order valence-electron chi connectivity index (χ3n) is 9.37. The molecule has 0 bridgehead atoms. The van der Waals surface area contributed by atoms with Gasteiger partial charge in [-0.2, -0.15) is 15.0 Å². The van der Waals surface area contributed by atoms with Gasteiger partial charge in [-0.3, -0.25) is 9.46 Å². The fourth-order valence-corrected chi connectivity index (χ4v) is 8.48. The second-order valence-electron chi connectivity index (χ2n) is 12.8. The first kappa shape index (κ1) is 35.3. The van der Waals surface area contributed by atoms with Crippen LogP contribution in [0.4, 0.5) is 17.8 Å². The van der Waals surface area contributed by atoms with Crippen LogP contribution in [0.25, 0.3) is 0 Å². The van der Waals surface area contributed by atoms with Crippen molar-refractivity contribution >= 4 is 25.4 Å². The fraction of sp³-hybridized carbons (Fsp3) is 0.903. The Morgan fingerprint density at radius 1 is 0.841 bits per heavy atom. The molecule has 0 aromatic carbocycles.